The summed E-state index contributed by atoms with van der Waals surface area (Å²) in [7, 11) is 0. The smallest absolute Gasteiger partial charge is 0.222 e. The first kappa shape index (κ1) is 15.7. The Labute approximate surface area is 135 Å². The van der Waals surface area contributed by atoms with Crippen LogP contribution in [0.1, 0.15) is 25.8 Å². The predicted molar refractivity (Wildman–Crippen MR) is 90.2 cm³/mol. The van der Waals surface area contributed by atoms with Crippen LogP contribution in [0.25, 0.3) is 11.0 Å². The van der Waals surface area contributed by atoms with Crippen molar-refractivity contribution < 1.29 is 4.79 Å². The summed E-state index contributed by atoms with van der Waals surface area (Å²) in [4.78, 5) is 25.8. The van der Waals surface area contributed by atoms with Gasteiger partial charge < -0.3 is 20.9 Å². The van der Waals surface area contributed by atoms with Gasteiger partial charge in [-0.3, -0.25) is 4.79 Å². The van der Waals surface area contributed by atoms with Crippen molar-refractivity contribution >= 4 is 22.8 Å². The molecule has 1 atom stereocenters. The van der Waals surface area contributed by atoms with E-state index in [0.717, 1.165) is 35.4 Å². The zero-order chi connectivity index (χ0) is 16.6. The molecule has 0 aromatic carbocycles. The van der Waals surface area contributed by atoms with Crippen molar-refractivity contribution in [1.29, 1.82) is 0 Å². The van der Waals surface area contributed by atoms with E-state index in [1.807, 2.05) is 27.0 Å². The second-order valence-electron chi connectivity index (χ2n) is 6.80. The van der Waals surface area contributed by atoms with Crippen LogP contribution in [-0.2, 0) is 4.79 Å². The lowest BCUT2D eigenvalue weighted by Gasteiger charge is -2.26. The zero-order valence-electron chi connectivity index (χ0n) is 13.9. The van der Waals surface area contributed by atoms with Gasteiger partial charge in [-0.2, -0.15) is 0 Å². The fourth-order valence-corrected chi connectivity index (χ4v) is 3.03. The van der Waals surface area contributed by atoms with Gasteiger partial charge in [0.05, 0.1) is 10.9 Å². The zero-order valence-corrected chi connectivity index (χ0v) is 13.9. The maximum Gasteiger partial charge on any atom is 0.222 e. The minimum Gasteiger partial charge on any atom is -0.354 e. The summed E-state index contributed by atoms with van der Waals surface area (Å²) >= 11 is 0. The molecule has 0 bridgehead atoms. The van der Waals surface area contributed by atoms with Crippen LogP contribution in [0.2, 0.25) is 0 Å². The van der Waals surface area contributed by atoms with Crippen molar-refractivity contribution in [2.24, 2.45) is 11.7 Å². The maximum atomic E-state index is 11.8. The number of hydrogen-bond donors (Lipinski definition) is 3. The lowest BCUT2D eigenvalue weighted by Crippen LogP contribution is -2.52. The van der Waals surface area contributed by atoms with E-state index in [4.69, 9.17) is 5.73 Å². The van der Waals surface area contributed by atoms with Crippen molar-refractivity contribution in [3.63, 3.8) is 0 Å². The quantitative estimate of drug-likeness (QED) is 0.779. The van der Waals surface area contributed by atoms with Crippen LogP contribution in [0.5, 0.6) is 0 Å². The van der Waals surface area contributed by atoms with Crippen LogP contribution in [0.15, 0.2) is 12.5 Å². The van der Waals surface area contributed by atoms with E-state index in [9.17, 15) is 4.79 Å². The molecule has 1 amide bonds. The summed E-state index contributed by atoms with van der Waals surface area (Å²) in [5.74, 6) is 0.926. The molecule has 2 aromatic heterocycles. The third kappa shape index (κ3) is 3.01. The van der Waals surface area contributed by atoms with Crippen LogP contribution in [0.3, 0.4) is 0 Å². The number of aromatic amines is 1. The SMILES string of the molecule is Cc1c[nH]c2ncnc(N3CCC(N)(CNC(=O)C(C)C)C3)c12. The average molecular weight is 316 g/mol. The Morgan fingerprint density at radius 2 is 2.30 bits per heavy atom. The highest BCUT2D eigenvalue weighted by molar-refractivity contribution is 5.90. The highest BCUT2D eigenvalue weighted by Crippen LogP contribution is 2.30. The number of rotatable bonds is 4. The standard InChI is InChI=1S/C16H24N6O/c1-10(2)15(23)19-7-16(17)4-5-22(8-16)14-12-11(3)6-18-13(12)20-9-21-14/h6,9-10H,4-5,7-8,17H2,1-3H3,(H,19,23)(H,18,20,21). The summed E-state index contributed by atoms with van der Waals surface area (Å²) in [6.45, 7) is 7.78. The number of nitrogens with two attached hydrogens (primary N) is 1. The van der Waals surface area contributed by atoms with Gasteiger partial charge in [0.2, 0.25) is 5.91 Å². The van der Waals surface area contributed by atoms with Gasteiger partial charge in [0.25, 0.3) is 0 Å². The molecule has 0 radical (unpaired) electrons. The molecule has 3 heterocycles. The van der Waals surface area contributed by atoms with Gasteiger partial charge in [-0.15, -0.1) is 0 Å². The number of aryl methyl sites for hydroxylation is 1. The van der Waals surface area contributed by atoms with Gasteiger partial charge in [-0.25, -0.2) is 9.97 Å². The van der Waals surface area contributed by atoms with Crippen LogP contribution >= 0.6 is 0 Å². The first-order chi connectivity index (χ1) is 10.9. The fraction of sp³-hybridized carbons (Fsp3) is 0.562. The molecule has 1 fully saturated rings. The first-order valence-electron chi connectivity index (χ1n) is 8.00. The number of nitrogens with one attached hydrogen (secondary N) is 2. The third-order valence-corrected chi connectivity index (χ3v) is 4.47. The van der Waals surface area contributed by atoms with Crippen LogP contribution < -0.4 is 16.0 Å². The van der Waals surface area contributed by atoms with Crippen molar-refractivity contribution in [3.8, 4) is 0 Å². The van der Waals surface area contributed by atoms with Crippen molar-refractivity contribution in [3.05, 3.63) is 18.1 Å². The van der Waals surface area contributed by atoms with Crippen LogP contribution in [-0.4, -0.2) is 46.0 Å². The molecule has 1 aliphatic rings. The van der Waals surface area contributed by atoms with Gasteiger partial charge in [0.15, 0.2) is 0 Å². The molecule has 0 saturated carbocycles. The van der Waals surface area contributed by atoms with Crippen molar-refractivity contribution in [2.45, 2.75) is 32.7 Å². The molecule has 0 aliphatic carbocycles. The Hall–Kier alpha value is -2.15. The van der Waals surface area contributed by atoms with Crippen LogP contribution in [0.4, 0.5) is 5.82 Å². The number of carbonyl (C=O) groups excluding carboxylic acids is 1. The fourth-order valence-electron chi connectivity index (χ4n) is 3.03. The molecule has 0 spiro atoms. The Kier molecular flexibility index (Phi) is 3.97. The summed E-state index contributed by atoms with van der Waals surface area (Å²) in [6.07, 6.45) is 4.34. The normalized spacial score (nSPS) is 21.3. The molecule has 1 saturated heterocycles. The van der Waals surface area contributed by atoms with Gasteiger partial charge in [0, 0.05) is 31.7 Å². The molecule has 3 rings (SSSR count). The Bertz CT molecular complexity index is 724. The molecule has 7 nitrogen and oxygen atoms in total. The summed E-state index contributed by atoms with van der Waals surface area (Å²) in [5, 5.41) is 3.99. The van der Waals surface area contributed by atoms with E-state index in [2.05, 4.69) is 25.2 Å². The van der Waals surface area contributed by atoms with E-state index >= 15 is 0 Å². The highest BCUT2D eigenvalue weighted by atomic mass is 16.1. The molecule has 1 aliphatic heterocycles. The van der Waals surface area contributed by atoms with E-state index < -0.39 is 5.54 Å². The van der Waals surface area contributed by atoms with E-state index in [-0.39, 0.29) is 11.8 Å². The summed E-state index contributed by atoms with van der Waals surface area (Å²) in [5.41, 5.74) is 8.03. The number of carbonyl (C=O) groups is 1. The number of amides is 1. The molecule has 1 unspecified atom stereocenters. The Balaban J connectivity index is 1.76. The van der Waals surface area contributed by atoms with Gasteiger partial charge in [0.1, 0.15) is 17.8 Å². The first-order valence-corrected chi connectivity index (χ1v) is 8.00. The maximum absolute atomic E-state index is 11.8. The topological polar surface area (TPSA) is 99.9 Å². The largest absolute Gasteiger partial charge is 0.354 e. The summed E-state index contributed by atoms with van der Waals surface area (Å²) in [6, 6.07) is 0. The van der Waals surface area contributed by atoms with Gasteiger partial charge >= 0.3 is 0 Å². The minimum absolute atomic E-state index is 0.0277. The highest BCUT2D eigenvalue weighted by Gasteiger charge is 2.36. The Morgan fingerprint density at radius 3 is 3.04 bits per heavy atom. The molecule has 7 heteroatoms. The van der Waals surface area contributed by atoms with E-state index in [0.29, 0.717) is 13.1 Å². The van der Waals surface area contributed by atoms with Gasteiger partial charge in [-0.05, 0) is 18.9 Å². The number of hydrogen-bond acceptors (Lipinski definition) is 5. The van der Waals surface area contributed by atoms with E-state index in [1.165, 1.54) is 0 Å². The molecular weight excluding hydrogens is 292 g/mol. The monoisotopic (exact) mass is 316 g/mol. The number of aromatic nitrogens is 3. The number of nitrogens with zero attached hydrogens (tertiary/aromatic N) is 3. The molecule has 4 N–H and O–H groups in total. The second-order valence-corrected chi connectivity index (χ2v) is 6.80. The lowest BCUT2D eigenvalue weighted by atomic mass is 10.00. The molecular formula is C16H24N6O. The van der Waals surface area contributed by atoms with E-state index in [1.54, 1.807) is 6.33 Å². The lowest BCUT2D eigenvalue weighted by molar-refractivity contribution is -0.124. The number of fused-ring (bicyclic) bond motifs is 1. The van der Waals surface area contributed by atoms with Crippen LogP contribution in [0, 0.1) is 12.8 Å². The summed E-state index contributed by atoms with van der Waals surface area (Å²) < 4.78 is 0. The molecule has 2 aromatic rings. The third-order valence-electron chi connectivity index (χ3n) is 4.47. The van der Waals surface area contributed by atoms with Crippen molar-refractivity contribution in [1.82, 2.24) is 20.3 Å². The molecule has 23 heavy (non-hydrogen) atoms. The van der Waals surface area contributed by atoms with Crippen molar-refractivity contribution in [2.75, 3.05) is 24.5 Å². The average Bonchev–Trinajstić information content (AvgIpc) is 3.09. The number of H-pyrrole nitrogens is 1. The van der Waals surface area contributed by atoms with Gasteiger partial charge in [-0.1, -0.05) is 13.8 Å². The molecule has 124 valence electrons. The predicted octanol–water partition coefficient (Wildman–Crippen LogP) is 0.946. The minimum atomic E-state index is -0.425. The Morgan fingerprint density at radius 1 is 1.52 bits per heavy atom. The second kappa shape index (κ2) is 5.81. The number of anilines is 1.